The third-order valence-corrected chi connectivity index (χ3v) is 17.2. The number of anilines is 1. The van der Waals surface area contributed by atoms with Gasteiger partial charge in [-0.25, -0.2) is 9.48 Å². The number of likely N-dealkylation sites (tertiary alicyclic amines) is 1. The summed E-state index contributed by atoms with van der Waals surface area (Å²) in [6, 6.07) is 17.3. The monoisotopic (exact) mass is 1150 g/mol. The van der Waals surface area contributed by atoms with Crippen LogP contribution in [0.1, 0.15) is 99.9 Å². The van der Waals surface area contributed by atoms with Crippen molar-refractivity contribution in [3.05, 3.63) is 72.3 Å². The minimum atomic E-state index is -0.530. The Morgan fingerprint density at radius 2 is 1.32 bits per heavy atom. The molecule has 0 aliphatic carbocycles. The lowest BCUT2D eigenvalue weighted by atomic mass is 9.87. The fraction of sp³-hybridized carbons (Fsp3) is 0.610. The molecule has 448 valence electrons. The summed E-state index contributed by atoms with van der Waals surface area (Å²) in [7, 11) is 0. The number of amides is 7. The lowest BCUT2D eigenvalue weighted by molar-refractivity contribution is -0.127. The van der Waals surface area contributed by atoms with Crippen molar-refractivity contribution in [1.29, 1.82) is 0 Å². The average molecular weight is 1160 g/mol. The number of primary amides is 1. The van der Waals surface area contributed by atoms with Gasteiger partial charge in [-0.3, -0.25) is 33.8 Å². The van der Waals surface area contributed by atoms with Crippen LogP contribution in [0.3, 0.4) is 0 Å². The Hall–Kier alpha value is -6.24. The summed E-state index contributed by atoms with van der Waals surface area (Å²) in [5.41, 5.74) is 7.68. The Kier molecular flexibility index (Phi) is 25.0. The number of piperazine rings is 1. The summed E-state index contributed by atoms with van der Waals surface area (Å²) in [6.45, 7) is 11.6. The number of nitrogens with two attached hydrogens (primary N) is 1. The molecule has 0 radical (unpaired) electrons. The molecule has 4 atom stereocenters. The molecule has 5 aliphatic rings. The molecule has 8 rings (SSSR count). The number of unbranched alkanes of at least 4 members (excludes halogenated alkanes) is 1. The number of hydrogen-bond acceptors (Lipinski definition) is 15. The van der Waals surface area contributed by atoms with Crippen LogP contribution in [0.2, 0.25) is 0 Å². The number of carbonyl (C=O) groups is 6. The van der Waals surface area contributed by atoms with Gasteiger partial charge in [-0.2, -0.15) is 5.10 Å². The van der Waals surface area contributed by atoms with Gasteiger partial charge in [-0.05, 0) is 100 Å². The lowest BCUT2D eigenvalue weighted by Crippen LogP contribution is -2.48. The molecule has 3 aromatic rings. The van der Waals surface area contributed by atoms with E-state index in [4.69, 9.17) is 29.8 Å². The minimum absolute atomic E-state index is 0.0286. The van der Waals surface area contributed by atoms with E-state index >= 15 is 0 Å². The molecule has 0 bridgehead atoms. The summed E-state index contributed by atoms with van der Waals surface area (Å²) >= 11 is 1.83. The zero-order valence-corrected chi connectivity index (χ0v) is 48.3. The van der Waals surface area contributed by atoms with Crippen LogP contribution in [0.5, 0.6) is 11.5 Å². The zero-order chi connectivity index (χ0) is 57.3. The molecule has 4 fully saturated rings. The third kappa shape index (κ3) is 19.7. The van der Waals surface area contributed by atoms with Crippen molar-refractivity contribution in [2.75, 3.05) is 123 Å². The number of fused-ring (bicyclic) bond motifs is 2. The maximum Gasteiger partial charge on any atom is 0.316 e. The fourth-order valence-corrected chi connectivity index (χ4v) is 12.8. The third-order valence-electron chi connectivity index (χ3n) is 15.7. The Morgan fingerprint density at radius 1 is 0.695 bits per heavy atom. The van der Waals surface area contributed by atoms with E-state index in [1.165, 1.54) is 0 Å². The van der Waals surface area contributed by atoms with Gasteiger partial charge in [-0.15, -0.1) is 11.8 Å². The number of rotatable bonds is 34. The molecule has 4 saturated heterocycles. The smallest absolute Gasteiger partial charge is 0.316 e. The summed E-state index contributed by atoms with van der Waals surface area (Å²) in [5.74, 6) is 1.81. The molecule has 23 heteroatoms. The number of ether oxygens (including phenoxy) is 4. The fourth-order valence-electron chi connectivity index (χ4n) is 11.2. The van der Waals surface area contributed by atoms with Gasteiger partial charge in [0, 0.05) is 128 Å². The normalized spacial score (nSPS) is 20.1. The Labute approximate surface area is 486 Å². The Morgan fingerprint density at radius 3 is 1.98 bits per heavy atom. The second kappa shape index (κ2) is 33.2. The van der Waals surface area contributed by atoms with Gasteiger partial charge in [0.05, 0.1) is 43.9 Å². The van der Waals surface area contributed by atoms with Crippen molar-refractivity contribution in [3.63, 3.8) is 0 Å². The average Bonchev–Trinajstić information content (AvgIpc) is 4.36. The number of aromatic nitrogens is 2. The van der Waals surface area contributed by atoms with Gasteiger partial charge in [0.2, 0.25) is 23.6 Å². The molecule has 5 aliphatic heterocycles. The van der Waals surface area contributed by atoms with Gasteiger partial charge in [0.1, 0.15) is 28.6 Å². The number of nitrogens with one attached hydrogen (secondary N) is 6. The first-order valence-electron chi connectivity index (χ1n) is 29.7. The van der Waals surface area contributed by atoms with E-state index in [0.717, 1.165) is 95.4 Å². The van der Waals surface area contributed by atoms with Gasteiger partial charge in [-0.1, -0.05) is 30.7 Å². The van der Waals surface area contributed by atoms with Crippen molar-refractivity contribution in [2.24, 2.45) is 11.7 Å². The van der Waals surface area contributed by atoms with Crippen LogP contribution < -0.4 is 42.4 Å². The van der Waals surface area contributed by atoms with Crippen molar-refractivity contribution in [3.8, 4) is 22.8 Å². The van der Waals surface area contributed by atoms with Crippen LogP contribution in [0.4, 0.5) is 10.6 Å². The van der Waals surface area contributed by atoms with Crippen LogP contribution >= 0.6 is 11.8 Å². The number of para-hydroxylation sites is 1. The predicted octanol–water partition coefficient (Wildman–Crippen LogP) is 4.63. The molecular weight excluding hydrogens is 1070 g/mol. The molecule has 2 aromatic carbocycles. The highest BCUT2D eigenvalue weighted by Crippen LogP contribution is 2.41. The summed E-state index contributed by atoms with van der Waals surface area (Å²) in [4.78, 5) is 81.0. The van der Waals surface area contributed by atoms with Crippen molar-refractivity contribution < 1.29 is 47.7 Å². The summed E-state index contributed by atoms with van der Waals surface area (Å²) in [6.07, 6.45) is 13.2. The predicted molar refractivity (Wildman–Crippen MR) is 314 cm³/mol. The van der Waals surface area contributed by atoms with E-state index in [0.29, 0.717) is 152 Å². The second-order valence-corrected chi connectivity index (χ2v) is 23.1. The maximum absolute atomic E-state index is 13.3. The van der Waals surface area contributed by atoms with E-state index in [-0.39, 0.29) is 47.1 Å². The van der Waals surface area contributed by atoms with E-state index < -0.39 is 5.91 Å². The number of hydrogen-bond donors (Lipinski definition) is 7. The number of nitrogens with zero attached hydrogens (tertiary/aromatic N) is 5. The van der Waals surface area contributed by atoms with Crippen LogP contribution in [0.15, 0.2) is 66.7 Å². The molecular formula is C59H86N12O10S. The molecule has 0 spiro atoms. The van der Waals surface area contributed by atoms with Crippen molar-refractivity contribution >= 4 is 53.1 Å². The second-order valence-electron chi connectivity index (χ2n) is 21.6. The zero-order valence-electron chi connectivity index (χ0n) is 47.5. The summed E-state index contributed by atoms with van der Waals surface area (Å²) in [5, 5.41) is 23.9. The standard InChI is InChI=1S/C59H86N12O10S/c60-56(76)54-55(44-17-19-46(20-18-44)81-45-10-2-1-3-11-45)67-71-49(21-26-64-57(54)71)43-22-29-70(30-23-43)53(75)16-7-28-68-32-34-69(35-33-68)31-27-63-52(74)15-6-14-51(73)62-25-9-37-79-39-41-80-40-38-78-36-8-24-61-50(72)13-5-4-12-47-42-48-58(82-47)66-59(77)65-48/h1-3,7,10-11,16-20,43,47-49,58,64H,4-6,8-9,12-15,21-42H2,(H2,60,76)(H,61,72)(H,62,73)(H,63,74)(H2,65,66,77)/b16-7+/t47-,48+,49+,58-/m1/s1. The molecule has 1 aromatic heterocycles. The van der Waals surface area contributed by atoms with Crippen LogP contribution in [0, 0.1) is 5.92 Å². The molecule has 7 amide bonds. The largest absolute Gasteiger partial charge is 0.457 e. The van der Waals surface area contributed by atoms with Gasteiger partial charge in [0.15, 0.2) is 0 Å². The molecule has 82 heavy (non-hydrogen) atoms. The highest BCUT2D eigenvalue weighted by molar-refractivity contribution is 8.00. The highest BCUT2D eigenvalue weighted by atomic mass is 32.2. The first kappa shape index (κ1) is 61.8. The Balaban J connectivity index is 0.574. The SMILES string of the molecule is NC(=O)c1c(-c2ccc(Oc3ccccc3)cc2)nn2c1NCC[C@H]2C1CCN(C(=O)/C=C/CN2CCN(CCNC(=O)CCCC(=O)NCCCOCCOCCOCCCNC(=O)CCCC[C@@H]3C[C@@H]4NC(=O)N[C@@H]4S3)CC2)CC1. The number of thioether (sulfide) groups is 1. The van der Waals surface area contributed by atoms with Gasteiger partial charge >= 0.3 is 6.03 Å². The van der Waals surface area contributed by atoms with Gasteiger partial charge < -0.3 is 61.5 Å². The quantitative estimate of drug-likeness (QED) is 0.0318. The summed E-state index contributed by atoms with van der Waals surface area (Å²) < 4.78 is 24.7. The lowest BCUT2D eigenvalue weighted by Gasteiger charge is -2.38. The van der Waals surface area contributed by atoms with Gasteiger partial charge in [0.25, 0.3) is 5.91 Å². The molecule has 22 nitrogen and oxygen atoms in total. The van der Waals surface area contributed by atoms with Crippen molar-refractivity contribution in [2.45, 2.75) is 106 Å². The van der Waals surface area contributed by atoms with E-state index in [1.54, 1.807) is 6.08 Å². The van der Waals surface area contributed by atoms with Crippen LogP contribution in [0.25, 0.3) is 11.3 Å². The number of benzene rings is 2. The number of urea groups is 1. The topological polar surface area (TPSA) is 265 Å². The number of carbonyl (C=O) groups excluding carboxylic acids is 6. The Bertz CT molecular complexity index is 2520. The first-order chi connectivity index (χ1) is 40.1. The van der Waals surface area contributed by atoms with E-state index in [2.05, 4.69) is 41.7 Å². The highest BCUT2D eigenvalue weighted by Gasteiger charge is 2.41. The minimum Gasteiger partial charge on any atom is -0.457 e. The van der Waals surface area contributed by atoms with Crippen LogP contribution in [-0.2, 0) is 33.4 Å². The maximum atomic E-state index is 13.3. The molecule has 0 unspecified atom stereocenters. The van der Waals surface area contributed by atoms with E-state index in [9.17, 15) is 28.8 Å². The number of piperidine rings is 1. The molecule has 6 heterocycles. The van der Waals surface area contributed by atoms with Crippen LogP contribution in [-0.4, -0.2) is 195 Å². The molecule has 0 saturated carbocycles. The van der Waals surface area contributed by atoms with E-state index in [1.807, 2.05) is 82.0 Å². The first-order valence-corrected chi connectivity index (χ1v) is 30.7. The molecule has 8 N–H and O–H groups in total. The van der Waals surface area contributed by atoms with Crippen molar-refractivity contribution in [1.82, 2.24) is 51.1 Å².